The van der Waals surface area contributed by atoms with Crippen molar-refractivity contribution in [3.8, 4) is 11.5 Å². The van der Waals surface area contributed by atoms with Crippen LogP contribution in [0.3, 0.4) is 0 Å². The summed E-state index contributed by atoms with van der Waals surface area (Å²) >= 11 is 0. The molecule has 0 saturated heterocycles. The third kappa shape index (κ3) is 3.30. The molecule has 0 N–H and O–H groups in total. The van der Waals surface area contributed by atoms with Crippen molar-refractivity contribution in [3.05, 3.63) is 23.8 Å². The lowest BCUT2D eigenvalue weighted by Gasteiger charge is -2.31. The number of hydrogen-bond donors (Lipinski definition) is 0. The maximum atomic E-state index is 5.79. The molecule has 3 rings (SSSR count). The fraction of sp³-hybridized carbons (Fsp3) is 0.632. The number of benzene rings is 1. The molecule has 0 amide bonds. The van der Waals surface area contributed by atoms with Crippen LogP contribution in [-0.2, 0) is 5.41 Å². The summed E-state index contributed by atoms with van der Waals surface area (Å²) in [4.78, 5) is 9.11. The first-order valence-electron chi connectivity index (χ1n) is 8.81. The zero-order chi connectivity index (χ0) is 17.2. The molecule has 0 unspecified atom stereocenters. The molecule has 2 aliphatic rings. The summed E-state index contributed by atoms with van der Waals surface area (Å²) < 4.78 is 11.5. The lowest BCUT2D eigenvalue weighted by Crippen LogP contribution is -2.37. The summed E-state index contributed by atoms with van der Waals surface area (Å²) in [7, 11) is 8.18. The first kappa shape index (κ1) is 16.9. The monoisotopic (exact) mass is 331 g/mol. The lowest BCUT2D eigenvalue weighted by molar-refractivity contribution is 0.171. The van der Waals surface area contributed by atoms with E-state index in [0.717, 1.165) is 24.0 Å². The second-order valence-electron chi connectivity index (χ2n) is 7.25. The Hall–Kier alpha value is -1.91. The molecule has 5 heteroatoms. The van der Waals surface area contributed by atoms with Crippen molar-refractivity contribution in [3.63, 3.8) is 0 Å². The van der Waals surface area contributed by atoms with Crippen molar-refractivity contribution in [2.75, 3.05) is 47.9 Å². The Balaban J connectivity index is 1.90. The predicted octanol–water partition coefficient (Wildman–Crippen LogP) is 2.75. The maximum Gasteiger partial charge on any atom is 0.195 e. The van der Waals surface area contributed by atoms with Gasteiger partial charge in [0, 0.05) is 33.6 Å². The Kier molecular flexibility index (Phi) is 4.88. The number of fused-ring (bicyclic) bond motifs is 1. The Bertz CT molecular complexity index is 595. The van der Waals surface area contributed by atoms with Gasteiger partial charge in [0.25, 0.3) is 0 Å². The van der Waals surface area contributed by atoms with Gasteiger partial charge in [-0.05, 0) is 30.5 Å². The topological polar surface area (TPSA) is 37.3 Å². The van der Waals surface area contributed by atoms with E-state index in [0.29, 0.717) is 13.2 Å². The van der Waals surface area contributed by atoms with E-state index in [1.165, 1.54) is 31.2 Å². The molecule has 1 saturated carbocycles. The van der Waals surface area contributed by atoms with E-state index in [9.17, 15) is 0 Å². The SMILES string of the molecule is CN(C)C(=NCC1(c2ccc3c(c2)OCCO3)CCCC1)N(C)C. The van der Waals surface area contributed by atoms with Gasteiger partial charge < -0.3 is 19.3 Å². The Morgan fingerprint density at radius 3 is 2.25 bits per heavy atom. The third-order valence-corrected chi connectivity index (χ3v) is 5.04. The minimum absolute atomic E-state index is 0.118. The van der Waals surface area contributed by atoms with Gasteiger partial charge in [0.1, 0.15) is 13.2 Å². The molecule has 0 atom stereocenters. The minimum atomic E-state index is 0.118. The Labute approximate surface area is 145 Å². The van der Waals surface area contributed by atoms with Crippen LogP contribution in [0.25, 0.3) is 0 Å². The quantitative estimate of drug-likeness (QED) is 0.630. The molecule has 132 valence electrons. The van der Waals surface area contributed by atoms with Gasteiger partial charge in [-0.15, -0.1) is 0 Å². The van der Waals surface area contributed by atoms with Crippen LogP contribution in [0.5, 0.6) is 11.5 Å². The van der Waals surface area contributed by atoms with E-state index < -0.39 is 0 Å². The molecule has 0 radical (unpaired) electrons. The molecule has 5 nitrogen and oxygen atoms in total. The zero-order valence-corrected chi connectivity index (χ0v) is 15.3. The number of hydrogen-bond acceptors (Lipinski definition) is 3. The third-order valence-electron chi connectivity index (χ3n) is 5.04. The van der Waals surface area contributed by atoms with Crippen molar-refractivity contribution >= 4 is 5.96 Å². The van der Waals surface area contributed by atoms with Crippen molar-refractivity contribution in [1.29, 1.82) is 0 Å². The van der Waals surface area contributed by atoms with E-state index in [1.54, 1.807) is 0 Å². The summed E-state index contributed by atoms with van der Waals surface area (Å²) in [6.07, 6.45) is 4.90. The summed E-state index contributed by atoms with van der Waals surface area (Å²) in [6, 6.07) is 6.45. The zero-order valence-electron chi connectivity index (χ0n) is 15.3. The number of guanidine groups is 1. The number of aliphatic imine (C=N–C) groups is 1. The smallest absolute Gasteiger partial charge is 0.195 e. The van der Waals surface area contributed by atoms with Crippen LogP contribution >= 0.6 is 0 Å². The molecule has 1 fully saturated rings. The molecular weight excluding hydrogens is 302 g/mol. The van der Waals surface area contributed by atoms with Crippen LogP contribution in [-0.4, -0.2) is 63.7 Å². The normalized spacial score (nSPS) is 18.2. The molecule has 24 heavy (non-hydrogen) atoms. The molecule has 1 aromatic carbocycles. The second kappa shape index (κ2) is 6.91. The Morgan fingerprint density at radius 2 is 1.62 bits per heavy atom. The van der Waals surface area contributed by atoms with Gasteiger partial charge in [0.15, 0.2) is 17.5 Å². The highest BCUT2D eigenvalue weighted by Gasteiger charge is 2.36. The average molecular weight is 331 g/mol. The first-order chi connectivity index (χ1) is 11.5. The molecule has 1 aromatic rings. The van der Waals surface area contributed by atoms with Gasteiger partial charge in [0.2, 0.25) is 0 Å². The van der Waals surface area contributed by atoms with Crippen LogP contribution in [0.15, 0.2) is 23.2 Å². The molecule has 1 heterocycles. The van der Waals surface area contributed by atoms with Gasteiger partial charge in [-0.3, -0.25) is 4.99 Å². The fourth-order valence-electron chi connectivity index (χ4n) is 3.87. The van der Waals surface area contributed by atoms with Crippen LogP contribution in [0.1, 0.15) is 31.2 Å². The van der Waals surface area contributed by atoms with E-state index in [-0.39, 0.29) is 5.41 Å². The molecule has 0 bridgehead atoms. The fourth-order valence-corrected chi connectivity index (χ4v) is 3.87. The minimum Gasteiger partial charge on any atom is -0.486 e. The first-order valence-corrected chi connectivity index (χ1v) is 8.81. The van der Waals surface area contributed by atoms with Gasteiger partial charge >= 0.3 is 0 Å². The average Bonchev–Trinajstić information content (AvgIpc) is 3.04. The summed E-state index contributed by atoms with van der Waals surface area (Å²) in [6.45, 7) is 2.09. The van der Waals surface area contributed by atoms with Crippen molar-refractivity contribution in [2.45, 2.75) is 31.1 Å². The summed E-state index contributed by atoms with van der Waals surface area (Å²) in [5.41, 5.74) is 1.46. The largest absolute Gasteiger partial charge is 0.486 e. The highest BCUT2D eigenvalue weighted by atomic mass is 16.6. The highest BCUT2D eigenvalue weighted by molar-refractivity contribution is 5.79. The second-order valence-corrected chi connectivity index (χ2v) is 7.25. The van der Waals surface area contributed by atoms with E-state index in [1.807, 2.05) is 28.2 Å². The molecule has 0 spiro atoms. The van der Waals surface area contributed by atoms with Crippen molar-refractivity contribution < 1.29 is 9.47 Å². The van der Waals surface area contributed by atoms with Gasteiger partial charge in [-0.2, -0.15) is 0 Å². The van der Waals surface area contributed by atoms with Gasteiger partial charge in [-0.25, -0.2) is 0 Å². The van der Waals surface area contributed by atoms with Crippen molar-refractivity contribution in [1.82, 2.24) is 9.80 Å². The molecule has 0 aromatic heterocycles. The molecular formula is C19H29N3O2. The summed E-state index contributed by atoms with van der Waals surface area (Å²) in [5.74, 6) is 2.76. The van der Waals surface area contributed by atoms with E-state index in [2.05, 4.69) is 28.0 Å². The lowest BCUT2D eigenvalue weighted by atomic mass is 9.79. The highest BCUT2D eigenvalue weighted by Crippen LogP contribution is 2.44. The summed E-state index contributed by atoms with van der Waals surface area (Å²) in [5, 5.41) is 0. The Morgan fingerprint density at radius 1 is 1.00 bits per heavy atom. The van der Waals surface area contributed by atoms with Crippen molar-refractivity contribution in [2.24, 2.45) is 4.99 Å². The predicted molar refractivity (Wildman–Crippen MR) is 97.3 cm³/mol. The molecule has 1 aliphatic carbocycles. The van der Waals surface area contributed by atoms with Crippen LogP contribution in [0.2, 0.25) is 0 Å². The number of ether oxygens (including phenoxy) is 2. The maximum absolute atomic E-state index is 5.79. The van der Waals surface area contributed by atoms with E-state index in [4.69, 9.17) is 14.5 Å². The van der Waals surface area contributed by atoms with E-state index >= 15 is 0 Å². The number of rotatable bonds is 3. The van der Waals surface area contributed by atoms with Gasteiger partial charge in [-0.1, -0.05) is 18.9 Å². The number of nitrogens with zero attached hydrogens (tertiary/aromatic N) is 3. The molecule has 1 aliphatic heterocycles. The van der Waals surface area contributed by atoms with Crippen LogP contribution < -0.4 is 9.47 Å². The van der Waals surface area contributed by atoms with Crippen LogP contribution in [0, 0.1) is 0 Å². The van der Waals surface area contributed by atoms with Crippen LogP contribution in [0.4, 0.5) is 0 Å². The van der Waals surface area contributed by atoms with Gasteiger partial charge in [0.05, 0.1) is 6.54 Å². The standard InChI is InChI=1S/C19H29N3O2/c1-21(2)18(22(3)4)20-14-19(9-5-6-10-19)15-7-8-16-17(13-15)24-12-11-23-16/h7-8,13H,5-6,9-12,14H2,1-4H3.